The van der Waals surface area contributed by atoms with Crippen LogP contribution in [-0.4, -0.2) is 26.1 Å². The van der Waals surface area contributed by atoms with Gasteiger partial charge >= 0.3 is 5.97 Å². The van der Waals surface area contributed by atoms with Gasteiger partial charge in [0.1, 0.15) is 17.6 Å². The van der Waals surface area contributed by atoms with Crippen LogP contribution in [0.5, 0.6) is 0 Å². The highest BCUT2D eigenvalue weighted by Gasteiger charge is 2.41. The molecule has 2 atom stereocenters. The van der Waals surface area contributed by atoms with Crippen molar-refractivity contribution >= 4 is 23.3 Å². The number of hydrogen-bond acceptors (Lipinski definition) is 4. The summed E-state index contributed by atoms with van der Waals surface area (Å²) in [5, 5.41) is 13.6. The van der Waals surface area contributed by atoms with Crippen LogP contribution < -0.4 is 5.32 Å². The third kappa shape index (κ3) is 4.10. The number of nitrogens with zero attached hydrogens (tertiary/aromatic N) is 2. The van der Waals surface area contributed by atoms with E-state index in [0.717, 1.165) is 11.3 Å². The first-order chi connectivity index (χ1) is 16.1. The quantitative estimate of drug-likeness (QED) is 0.386. The highest BCUT2D eigenvalue weighted by Crippen LogP contribution is 2.41. The van der Waals surface area contributed by atoms with Crippen LogP contribution in [0.25, 0.3) is 11.3 Å². The summed E-state index contributed by atoms with van der Waals surface area (Å²) in [6, 6.07) is 26.0. The standard InChI is InChI=1S/C26H21N3O3S/c30-25(31)19-11-5-4-10-18(19)21-13-14-22(32-21)24-23(20-12-6-7-15-27-20)28-26(33)29(24)16-17-8-2-1-3-9-17/h1-15,23-24H,16H2,(H,28,33)(H,30,31)/t23-,24+/m0/s1. The summed E-state index contributed by atoms with van der Waals surface area (Å²) in [5.41, 5.74) is 2.70. The van der Waals surface area contributed by atoms with Gasteiger partial charge in [-0.2, -0.15) is 0 Å². The molecule has 1 aliphatic rings. The molecule has 3 heterocycles. The van der Waals surface area contributed by atoms with Crippen molar-refractivity contribution < 1.29 is 14.3 Å². The van der Waals surface area contributed by atoms with Crippen molar-refractivity contribution in [1.82, 2.24) is 15.2 Å². The second-order valence-corrected chi connectivity index (χ2v) is 8.18. The Morgan fingerprint density at radius 3 is 2.52 bits per heavy atom. The first kappa shape index (κ1) is 20.9. The van der Waals surface area contributed by atoms with E-state index in [2.05, 4.69) is 27.3 Å². The highest BCUT2D eigenvalue weighted by atomic mass is 32.1. The van der Waals surface area contributed by atoms with E-state index in [9.17, 15) is 9.90 Å². The summed E-state index contributed by atoms with van der Waals surface area (Å²) in [5.74, 6) is 0.189. The van der Waals surface area contributed by atoms with E-state index in [-0.39, 0.29) is 17.6 Å². The lowest BCUT2D eigenvalue weighted by molar-refractivity contribution is 0.0697. The van der Waals surface area contributed by atoms with Gasteiger partial charge in [-0.05, 0) is 48.1 Å². The van der Waals surface area contributed by atoms with Crippen molar-refractivity contribution in [3.8, 4) is 11.3 Å². The number of aromatic nitrogens is 1. The largest absolute Gasteiger partial charge is 0.478 e. The minimum absolute atomic E-state index is 0.195. The number of thiocarbonyl (C=S) groups is 1. The Balaban J connectivity index is 1.56. The fraction of sp³-hybridized carbons (Fsp3) is 0.115. The summed E-state index contributed by atoms with van der Waals surface area (Å²) in [6.45, 7) is 0.600. The molecule has 2 N–H and O–H groups in total. The minimum Gasteiger partial charge on any atom is -0.478 e. The topological polar surface area (TPSA) is 78.6 Å². The molecule has 5 rings (SSSR count). The SMILES string of the molecule is O=C(O)c1ccccc1-c1ccc([C@@H]2[C@H](c3ccccn3)NC(=S)N2Cc2ccccc2)o1. The van der Waals surface area contributed by atoms with Gasteiger partial charge < -0.3 is 19.7 Å². The van der Waals surface area contributed by atoms with Gasteiger partial charge in [0.25, 0.3) is 0 Å². The van der Waals surface area contributed by atoms with E-state index in [4.69, 9.17) is 16.6 Å². The van der Waals surface area contributed by atoms with Crippen molar-refractivity contribution in [1.29, 1.82) is 0 Å². The first-order valence-electron chi connectivity index (χ1n) is 10.6. The molecule has 0 aliphatic carbocycles. The van der Waals surface area contributed by atoms with E-state index in [0.29, 0.717) is 28.7 Å². The number of furan rings is 1. The predicted molar refractivity (Wildman–Crippen MR) is 129 cm³/mol. The van der Waals surface area contributed by atoms with E-state index in [1.807, 2.05) is 48.5 Å². The Hall–Kier alpha value is -3.97. The molecular formula is C26H21N3O3S. The smallest absolute Gasteiger partial charge is 0.336 e. The zero-order chi connectivity index (χ0) is 22.8. The van der Waals surface area contributed by atoms with E-state index in [1.165, 1.54) is 0 Å². The third-order valence-corrected chi connectivity index (χ3v) is 6.09. The lowest BCUT2D eigenvalue weighted by Gasteiger charge is -2.26. The predicted octanol–water partition coefficient (Wildman–Crippen LogP) is 5.21. The molecule has 4 aromatic rings. The molecule has 2 aromatic heterocycles. The first-order valence-corrected chi connectivity index (χ1v) is 11.0. The molecule has 1 fully saturated rings. The second-order valence-electron chi connectivity index (χ2n) is 7.79. The van der Waals surface area contributed by atoms with E-state index < -0.39 is 5.97 Å². The number of carboxylic acid groups (broad SMARTS) is 1. The molecular weight excluding hydrogens is 434 g/mol. The zero-order valence-electron chi connectivity index (χ0n) is 17.6. The average Bonchev–Trinajstić information content (AvgIpc) is 3.45. The Bertz CT molecular complexity index is 1290. The monoisotopic (exact) mass is 455 g/mol. The minimum atomic E-state index is -0.996. The number of rotatable bonds is 6. The summed E-state index contributed by atoms with van der Waals surface area (Å²) < 4.78 is 6.28. The maximum absolute atomic E-state index is 11.7. The van der Waals surface area contributed by atoms with Crippen LogP contribution in [0.2, 0.25) is 0 Å². The molecule has 6 nitrogen and oxygen atoms in total. The lowest BCUT2D eigenvalue weighted by Crippen LogP contribution is -2.29. The number of hydrogen-bond donors (Lipinski definition) is 2. The molecule has 0 amide bonds. The molecule has 0 bridgehead atoms. The van der Waals surface area contributed by atoms with Gasteiger partial charge in [-0.25, -0.2) is 4.79 Å². The van der Waals surface area contributed by atoms with Gasteiger partial charge in [0.2, 0.25) is 0 Å². The molecule has 0 saturated carbocycles. The summed E-state index contributed by atoms with van der Waals surface area (Å²) in [4.78, 5) is 18.3. The van der Waals surface area contributed by atoms with Crippen molar-refractivity contribution in [2.75, 3.05) is 0 Å². The van der Waals surface area contributed by atoms with Crippen molar-refractivity contribution in [2.45, 2.75) is 18.6 Å². The molecule has 7 heteroatoms. The lowest BCUT2D eigenvalue weighted by atomic mass is 10.0. The molecule has 2 aromatic carbocycles. The number of pyridine rings is 1. The fourth-order valence-electron chi connectivity index (χ4n) is 4.21. The number of carboxylic acids is 1. The fourth-order valence-corrected chi connectivity index (χ4v) is 4.51. The Labute approximate surface area is 196 Å². The Morgan fingerprint density at radius 2 is 1.76 bits per heavy atom. The Morgan fingerprint density at radius 1 is 1.00 bits per heavy atom. The van der Waals surface area contributed by atoms with E-state index in [1.54, 1.807) is 30.5 Å². The van der Waals surface area contributed by atoms with Crippen LogP contribution >= 0.6 is 12.2 Å². The van der Waals surface area contributed by atoms with Crippen molar-refractivity contribution in [3.63, 3.8) is 0 Å². The van der Waals surface area contributed by atoms with Crippen LogP contribution in [0.1, 0.15) is 39.5 Å². The number of nitrogens with one attached hydrogen (secondary N) is 1. The molecule has 1 aliphatic heterocycles. The van der Waals surface area contributed by atoms with Crippen LogP contribution in [-0.2, 0) is 6.54 Å². The molecule has 0 unspecified atom stereocenters. The third-order valence-electron chi connectivity index (χ3n) is 5.73. The maximum Gasteiger partial charge on any atom is 0.336 e. The van der Waals surface area contributed by atoms with Crippen LogP contribution in [0, 0.1) is 0 Å². The molecule has 1 saturated heterocycles. The summed E-state index contributed by atoms with van der Waals surface area (Å²) in [6.07, 6.45) is 1.76. The average molecular weight is 456 g/mol. The maximum atomic E-state index is 11.7. The Kier molecular flexibility index (Phi) is 5.62. The van der Waals surface area contributed by atoms with Gasteiger partial charge in [-0.15, -0.1) is 0 Å². The second kappa shape index (κ2) is 8.88. The number of carbonyl (C=O) groups is 1. The van der Waals surface area contributed by atoms with Crippen LogP contribution in [0.15, 0.2) is 95.5 Å². The molecule has 0 radical (unpaired) electrons. The van der Waals surface area contributed by atoms with Gasteiger partial charge in [-0.1, -0.05) is 54.6 Å². The summed E-state index contributed by atoms with van der Waals surface area (Å²) >= 11 is 5.72. The zero-order valence-corrected chi connectivity index (χ0v) is 18.4. The number of benzene rings is 2. The van der Waals surface area contributed by atoms with Gasteiger partial charge in [0.15, 0.2) is 5.11 Å². The van der Waals surface area contributed by atoms with Gasteiger partial charge in [0, 0.05) is 18.3 Å². The molecule has 164 valence electrons. The number of aromatic carboxylic acids is 1. The van der Waals surface area contributed by atoms with Crippen LogP contribution in [0.3, 0.4) is 0 Å². The normalized spacial score (nSPS) is 17.7. The van der Waals surface area contributed by atoms with Gasteiger partial charge in [0.05, 0.1) is 17.3 Å². The van der Waals surface area contributed by atoms with Crippen LogP contribution in [0.4, 0.5) is 0 Å². The van der Waals surface area contributed by atoms with Gasteiger partial charge in [-0.3, -0.25) is 4.98 Å². The highest BCUT2D eigenvalue weighted by molar-refractivity contribution is 7.80. The molecule has 33 heavy (non-hydrogen) atoms. The summed E-state index contributed by atoms with van der Waals surface area (Å²) in [7, 11) is 0. The van der Waals surface area contributed by atoms with E-state index >= 15 is 0 Å². The van der Waals surface area contributed by atoms with Crippen molar-refractivity contribution in [3.05, 3.63) is 114 Å². The van der Waals surface area contributed by atoms with Crippen molar-refractivity contribution in [2.24, 2.45) is 0 Å². The molecule has 0 spiro atoms.